The lowest BCUT2D eigenvalue weighted by Crippen LogP contribution is -2.33. The Bertz CT molecular complexity index is 493. The third-order valence-corrected chi connectivity index (χ3v) is 3.99. The summed E-state index contributed by atoms with van der Waals surface area (Å²) in [4.78, 5) is 25.3. The summed E-state index contributed by atoms with van der Waals surface area (Å²) in [6.07, 6.45) is 1.23. The summed E-state index contributed by atoms with van der Waals surface area (Å²) in [6, 6.07) is 5.13. The van der Waals surface area contributed by atoms with Gasteiger partial charge in [-0.1, -0.05) is 11.6 Å². The number of carbonyl (C=O) groups excluding carboxylic acids is 2. The number of amides is 2. The van der Waals surface area contributed by atoms with E-state index >= 15 is 0 Å². The van der Waals surface area contributed by atoms with Gasteiger partial charge in [0.05, 0.1) is 5.75 Å². The highest BCUT2D eigenvalue weighted by Crippen LogP contribution is 2.28. The highest BCUT2D eigenvalue weighted by molar-refractivity contribution is 8.00. The van der Waals surface area contributed by atoms with E-state index in [1.807, 2.05) is 0 Å². The molecule has 0 spiro atoms. The van der Waals surface area contributed by atoms with E-state index in [2.05, 4.69) is 0 Å². The molecule has 18 heavy (non-hydrogen) atoms. The SMILES string of the molecule is Nc1ccc(Cl)cc1SCC(=O)N1CCCC1=O. The first kappa shape index (κ1) is 13.2. The monoisotopic (exact) mass is 284 g/mol. The van der Waals surface area contributed by atoms with Gasteiger partial charge < -0.3 is 5.73 Å². The number of likely N-dealkylation sites (tertiary alicyclic amines) is 1. The quantitative estimate of drug-likeness (QED) is 0.682. The van der Waals surface area contributed by atoms with E-state index in [1.165, 1.54) is 16.7 Å². The number of hydrogen-bond donors (Lipinski definition) is 1. The lowest BCUT2D eigenvalue weighted by molar-refractivity contribution is -0.140. The van der Waals surface area contributed by atoms with E-state index in [0.29, 0.717) is 23.7 Å². The summed E-state index contributed by atoms with van der Waals surface area (Å²) in [5, 5.41) is 0.580. The largest absolute Gasteiger partial charge is 0.398 e. The Balaban J connectivity index is 1.97. The highest BCUT2D eigenvalue weighted by Gasteiger charge is 2.26. The van der Waals surface area contributed by atoms with E-state index in [1.54, 1.807) is 18.2 Å². The molecule has 0 atom stereocenters. The number of rotatable bonds is 3. The number of benzene rings is 1. The van der Waals surface area contributed by atoms with Crippen molar-refractivity contribution >= 4 is 40.9 Å². The fraction of sp³-hybridized carbons (Fsp3) is 0.333. The highest BCUT2D eigenvalue weighted by atomic mass is 35.5. The first-order chi connectivity index (χ1) is 8.58. The van der Waals surface area contributed by atoms with Crippen LogP contribution in [-0.2, 0) is 9.59 Å². The molecule has 0 aromatic heterocycles. The summed E-state index contributed by atoms with van der Waals surface area (Å²) >= 11 is 7.17. The van der Waals surface area contributed by atoms with Crippen LogP contribution in [0.4, 0.5) is 5.69 Å². The zero-order valence-corrected chi connectivity index (χ0v) is 11.3. The van der Waals surface area contributed by atoms with Gasteiger partial charge >= 0.3 is 0 Å². The number of nitrogens with zero attached hydrogens (tertiary/aromatic N) is 1. The normalized spacial score (nSPS) is 15.2. The van der Waals surface area contributed by atoms with Crippen molar-refractivity contribution in [2.24, 2.45) is 0 Å². The average Bonchev–Trinajstić information content (AvgIpc) is 2.76. The van der Waals surface area contributed by atoms with E-state index in [0.717, 1.165) is 11.3 Å². The first-order valence-electron chi connectivity index (χ1n) is 5.59. The van der Waals surface area contributed by atoms with Crippen LogP contribution in [0.1, 0.15) is 12.8 Å². The third kappa shape index (κ3) is 2.97. The number of halogens is 1. The standard InChI is InChI=1S/C12H13ClN2O2S/c13-8-3-4-9(14)10(6-8)18-7-12(17)15-5-1-2-11(15)16/h3-4,6H,1-2,5,7,14H2. The summed E-state index contributed by atoms with van der Waals surface area (Å²) < 4.78 is 0. The molecule has 2 amide bonds. The predicted molar refractivity (Wildman–Crippen MR) is 72.5 cm³/mol. The minimum atomic E-state index is -0.165. The molecule has 2 rings (SSSR count). The maximum Gasteiger partial charge on any atom is 0.239 e. The maximum atomic E-state index is 11.8. The zero-order chi connectivity index (χ0) is 13.1. The lowest BCUT2D eigenvalue weighted by Gasteiger charge is -2.13. The van der Waals surface area contributed by atoms with Crippen molar-refractivity contribution < 1.29 is 9.59 Å². The van der Waals surface area contributed by atoms with Gasteiger partial charge in [-0.3, -0.25) is 14.5 Å². The van der Waals surface area contributed by atoms with Crippen molar-refractivity contribution in [3.63, 3.8) is 0 Å². The van der Waals surface area contributed by atoms with Crippen molar-refractivity contribution in [1.29, 1.82) is 0 Å². The molecule has 1 aliphatic heterocycles. The zero-order valence-electron chi connectivity index (χ0n) is 9.69. The molecule has 2 N–H and O–H groups in total. The van der Waals surface area contributed by atoms with E-state index in [-0.39, 0.29) is 17.6 Å². The molecule has 4 nitrogen and oxygen atoms in total. The Labute approximate surface area is 114 Å². The minimum absolute atomic E-state index is 0.0836. The summed E-state index contributed by atoms with van der Waals surface area (Å²) in [7, 11) is 0. The molecule has 1 fully saturated rings. The van der Waals surface area contributed by atoms with Crippen molar-refractivity contribution in [2.75, 3.05) is 18.0 Å². The van der Waals surface area contributed by atoms with Gasteiger partial charge in [0.1, 0.15) is 0 Å². The van der Waals surface area contributed by atoms with Crippen molar-refractivity contribution in [2.45, 2.75) is 17.7 Å². The fourth-order valence-electron chi connectivity index (χ4n) is 1.76. The summed E-state index contributed by atoms with van der Waals surface area (Å²) in [5.74, 6) is -0.0439. The van der Waals surface area contributed by atoms with Crippen LogP contribution in [-0.4, -0.2) is 29.0 Å². The fourth-order valence-corrected chi connectivity index (χ4v) is 2.88. The topological polar surface area (TPSA) is 63.4 Å². The molecule has 1 saturated heterocycles. The minimum Gasteiger partial charge on any atom is -0.398 e. The Hall–Kier alpha value is -1.20. The Morgan fingerprint density at radius 1 is 1.50 bits per heavy atom. The second kappa shape index (κ2) is 5.63. The number of thioether (sulfide) groups is 1. The first-order valence-corrected chi connectivity index (χ1v) is 6.95. The molecule has 6 heteroatoms. The summed E-state index contributed by atoms with van der Waals surface area (Å²) in [6.45, 7) is 0.531. The molecule has 0 saturated carbocycles. The van der Waals surface area contributed by atoms with Gasteiger partial charge in [-0.15, -0.1) is 11.8 Å². The molecule has 0 unspecified atom stereocenters. The number of imide groups is 1. The van der Waals surface area contributed by atoms with Crippen molar-refractivity contribution in [3.05, 3.63) is 23.2 Å². The van der Waals surface area contributed by atoms with Crippen LogP contribution >= 0.6 is 23.4 Å². The Kier molecular flexibility index (Phi) is 4.14. The van der Waals surface area contributed by atoms with E-state index in [9.17, 15) is 9.59 Å². The average molecular weight is 285 g/mol. The molecule has 1 heterocycles. The smallest absolute Gasteiger partial charge is 0.239 e. The molecule has 1 aromatic carbocycles. The van der Waals surface area contributed by atoms with Crippen LogP contribution in [0.15, 0.2) is 23.1 Å². The van der Waals surface area contributed by atoms with Crippen molar-refractivity contribution in [1.82, 2.24) is 4.90 Å². The maximum absolute atomic E-state index is 11.8. The van der Waals surface area contributed by atoms with Gasteiger partial charge in [0, 0.05) is 28.6 Å². The van der Waals surface area contributed by atoms with Gasteiger partial charge in [0.25, 0.3) is 0 Å². The van der Waals surface area contributed by atoms with Crippen LogP contribution in [0.2, 0.25) is 5.02 Å². The molecule has 1 aromatic rings. The van der Waals surface area contributed by atoms with Gasteiger partial charge in [-0.25, -0.2) is 0 Å². The molecule has 0 radical (unpaired) electrons. The number of nitrogen functional groups attached to an aromatic ring is 1. The van der Waals surface area contributed by atoms with Crippen LogP contribution < -0.4 is 5.73 Å². The van der Waals surface area contributed by atoms with Crippen LogP contribution in [0.25, 0.3) is 0 Å². The van der Waals surface area contributed by atoms with Gasteiger partial charge in [0.15, 0.2) is 0 Å². The van der Waals surface area contributed by atoms with E-state index in [4.69, 9.17) is 17.3 Å². The molecule has 0 bridgehead atoms. The number of nitrogens with two attached hydrogens (primary N) is 1. The Morgan fingerprint density at radius 2 is 2.28 bits per heavy atom. The lowest BCUT2D eigenvalue weighted by atomic mass is 10.3. The second-order valence-corrected chi connectivity index (χ2v) is 5.47. The van der Waals surface area contributed by atoms with Gasteiger partial charge in [-0.2, -0.15) is 0 Å². The second-order valence-electron chi connectivity index (χ2n) is 4.01. The van der Waals surface area contributed by atoms with Gasteiger partial charge in [0.2, 0.25) is 11.8 Å². The van der Waals surface area contributed by atoms with Crippen LogP contribution in [0.5, 0.6) is 0 Å². The van der Waals surface area contributed by atoms with Gasteiger partial charge in [-0.05, 0) is 24.6 Å². The molecular weight excluding hydrogens is 272 g/mol. The third-order valence-electron chi connectivity index (χ3n) is 2.70. The van der Waals surface area contributed by atoms with Crippen molar-refractivity contribution in [3.8, 4) is 0 Å². The number of carbonyl (C=O) groups is 2. The predicted octanol–water partition coefficient (Wildman–Crippen LogP) is 2.16. The Morgan fingerprint density at radius 3 is 2.94 bits per heavy atom. The molecule has 1 aliphatic rings. The summed E-state index contributed by atoms with van der Waals surface area (Å²) in [5.41, 5.74) is 6.37. The molecule has 0 aliphatic carbocycles. The van der Waals surface area contributed by atoms with E-state index < -0.39 is 0 Å². The molecule has 96 valence electrons. The molecular formula is C12H13ClN2O2S. The van der Waals surface area contributed by atoms with Crippen LogP contribution in [0, 0.1) is 0 Å². The number of anilines is 1. The number of hydrogen-bond acceptors (Lipinski definition) is 4. The van der Waals surface area contributed by atoms with Crippen LogP contribution in [0.3, 0.4) is 0 Å².